The van der Waals surface area contributed by atoms with E-state index in [-0.39, 0.29) is 16.8 Å². The Labute approximate surface area is 152 Å². The van der Waals surface area contributed by atoms with Gasteiger partial charge in [0, 0.05) is 31.2 Å². The molecule has 3 rings (SSSR count). The standard InChI is InChI=1S/C16H23N5O4S/c1-11(18-2)9-15-19-16(25-20-15)13-10-12(26(17,22)23)3-4-14(13)21-5-7-24-8-6-21/h3-4,10-11,18H,5-9H2,1-2H3,(H2,17,22,23). The molecule has 0 aliphatic carbocycles. The molecule has 9 nitrogen and oxygen atoms in total. The van der Waals surface area contributed by atoms with Gasteiger partial charge in [-0.25, -0.2) is 13.6 Å². The number of hydrogen-bond donors (Lipinski definition) is 2. The van der Waals surface area contributed by atoms with Gasteiger partial charge in [-0.2, -0.15) is 4.98 Å². The van der Waals surface area contributed by atoms with E-state index in [0.29, 0.717) is 44.1 Å². The van der Waals surface area contributed by atoms with E-state index >= 15 is 0 Å². The first-order chi connectivity index (χ1) is 12.4. The van der Waals surface area contributed by atoms with E-state index in [2.05, 4.69) is 20.4 Å². The number of primary sulfonamides is 1. The van der Waals surface area contributed by atoms with Crippen molar-refractivity contribution in [1.29, 1.82) is 0 Å². The third kappa shape index (κ3) is 4.21. The minimum absolute atomic E-state index is 0.00727. The van der Waals surface area contributed by atoms with E-state index in [9.17, 15) is 8.42 Å². The molecule has 1 fully saturated rings. The van der Waals surface area contributed by atoms with Gasteiger partial charge in [0.15, 0.2) is 5.82 Å². The summed E-state index contributed by atoms with van der Waals surface area (Å²) in [6.07, 6.45) is 0.599. The van der Waals surface area contributed by atoms with Crippen LogP contribution in [0.2, 0.25) is 0 Å². The van der Waals surface area contributed by atoms with Crippen LogP contribution in [0.4, 0.5) is 5.69 Å². The molecule has 1 atom stereocenters. The van der Waals surface area contributed by atoms with Gasteiger partial charge in [-0.05, 0) is 32.2 Å². The summed E-state index contributed by atoms with van der Waals surface area (Å²) < 4.78 is 34.3. The molecule has 1 aromatic heterocycles. The predicted octanol–water partition coefficient (Wildman–Crippen LogP) is 0.371. The highest BCUT2D eigenvalue weighted by atomic mass is 32.2. The van der Waals surface area contributed by atoms with Crippen molar-refractivity contribution in [2.45, 2.75) is 24.3 Å². The molecule has 0 saturated carbocycles. The van der Waals surface area contributed by atoms with E-state index in [1.165, 1.54) is 12.1 Å². The van der Waals surface area contributed by atoms with Crippen LogP contribution in [-0.4, -0.2) is 58.0 Å². The second-order valence-electron chi connectivity index (χ2n) is 6.23. The summed E-state index contributed by atoms with van der Waals surface area (Å²) in [4.78, 5) is 6.55. The first-order valence-corrected chi connectivity index (χ1v) is 9.93. The van der Waals surface area contributed by atoms with Gasteiger partial charge in [-0.15, -0.1) is 0 Å². The first-order valence-electron chi connectivity index (χ1n) is 8.38. The van der Waals surface area contributed by atoms with Gasteiger partial charge in [0.1, 0.15) is 0 Å². The van der Waals surface area contributed by atoms with Crippen molar-refractivity contribution in [2.24, 2.45) is 5.14 Å². The fraction of sp³-hybridized carbons (Fsp3) is 0.500. The number of benzene rings is 1. The zero-order valence-corrected chi connectivity index (χ0v) is 15.6. The summed E-state index contributed by atoms with van der Waals surface area (Å²) in [5, 5.41) is 12.4. The SMILES string of the molecule is CNC(C)Cc1noc(-c2cc(S(N)(=O)=O)ccc2N2CCOCC2)n1. The molecule has 10 heteroatoms. The van der Waals surface area contributed by atoms with Crippen LogP contribution >= 0.6 is 0 Å². The number of hydrogen-bond acceptors (Lipinski definition) is 8. The molecule has 1 aromatic carbocycles. The second kappa shape index (κ2) is 7.70. The van der Waals surface area contributed by atoms with Crippen molar-refractivity contribution >= 4 is 15.7 Å². The number of sulfonamides is 1. The topological polar surface area (TPSA) is 124 Å². The molecule has 26 heavy (non-hydrogen) atoms. The van der Waals surface area contributed by atoms with Crippen molar-refractivity contribution in [2.75, 3.05) is 38.3 Å². The quantitative estimate of drug-likeness (QED) is 0.736. The van der Waals surface area contributed by atoms with Crippen molar-refractivity contribution in [3.63, 3.8) is 0 Å². The summed E-state index contributed by atoms with van der Waals surface area (Å²) >= 11 is 0. The normalized spacial score (nSPS) is 16.7. The number of anilines is 1. The van der Waals surface area contributed by atoms with Crippen molar-refractivity contribution in [3.8, 4) is 11.5 Å². The molecule has 3 N–H and O–H groups in total. The summed E-state index contributed by atoms with van der Waals surface area (Å²) in [6, 6.07) is 4.89. The van der Waals surface area contributed by atoms with Crippen molar-refractivity contribution in [3.05, 3.63) is 24.0 Å². The van der Waals surface area contributed by atoms with Crippen LogP contribution in [0, 0.1) is 0 Å². The van der Waals surface area contributed by atoms with E-state index < -0.39 is 10.0 Å². The fourth-order valence-corrected chi connectivity index (χ4v) is 3.31. The lowest BCUT2D eigenvalue weighted by molar-refractivity contribution is 0.122. The molecule has 0 bridgehead atoms. The van der Waals surface area contributed by atoms with Crippen LogP contribution in [-0.2, 0) is 21.2 Å². The number of ether oxygens (including phenoxy) is 1. The summed E-state index contributed by atoms with van der Waals surface area (Å²) in [7, 11) is -1.98. The van der Waals surface area contributed by atoms with E-state index in [0.717, 1.165) is 5.69 Å². The number of nitrogens with one attached hydrogen (secondary N) is 1. The zero-order valence-electron chi connectivity index (χ0n) is 14.8. The van der Waals surface area contributed by atoms with E-state index in [1.807, 2.05) is 14.0 Å². The average Bonchev–Trinajstić information content (AvgIpc) is 3.09. The molecule has 0 radical (unpaired) electrons. The minimum Gasteiger partial charge on any atom is -0.378 e. The highest BCUT2D eigenvalue weighted by Gasteiger charge is 2.22. The molecule has 2 aromatic rings. The first kappa shape index (κ1) is 18.8. The zero-order chi connectivity index (χ0) is 18.7. The largest absolute Gasteiger partial charge is 0.378 e. The van der Waals surface area contributed by atoms with Gasteiger partial charge in [0.05, 0.1) is 23.7 Å². The Kier molecular flexibility index (Phi) is 5.56. The molecule has 1 aliphatic heterocycles. The third-order valence-electron chi connectivity index (χ3n) is 4.33. The van der Waals surface area contributed by atoms with Gasteiger partial charge in [0.25, 0.3) is 5.89 Å². The number of nitrogens with zero attached hydrogens (tertiary/aromatic N) is 3. The maximum Gasteiger partial charge on any atom is 0.260 e. The molecule has 0 amide bonds. The molecular formula is C16H23N5O4S. The number of aromatic nitrogens is 2. The lowest BCUT2D eigenvalue weighted by atomic mass is 10.1. The van der Waals surface area contributed by atoms with Gasteiger partial charge in [-0.1, -0.05) is 5.16 Å². The molecule has 1 saturated heterocycles. The summed E-state index contributed by atoms with van der Waals surface area (Å²) in [5.74, 6) is 0.825. The van der Waals surface area contributed by atoms with Gasteiger partial charge >= 0.3 is 0 Å². The number of morpholine rings is 1. The lowest BCUT2D eigenvalue weighted by Gasteiger charge is -2.30. The monoisotopic (exact) mass is 381 g/mol. The summed E-state index contributed by atoms with van der Waals surface area (Å²) in [5.41, 5.74) is 1.37. The molecule has 1 unspecified atom stereocenters. The number of rotatable bonds is 6. The van der Waals surface area contributed by atoms with Gasteiger partial charge in [-0.3, -0.25) is 0 Å². The summed E-state index contributed by atoms with van der Waals surface area (Å²) in [6.45, 7) is 4.60. The van der Waals surface area contributed by atoms with Gasteiger partial charge in [0.2, 0.25) is 10.0 Å². The highest BCUT2D eigenvalue weighted by Crippen LogP contribution is 2.32. The lowest BCUT2D eigenvalue weighted by Crippen LogP contribution is -2.36. The average molecular weight is 381 g/mol. The number of nitrogens with two attached hydrogens (primary N) is 1. The maximum atomic E-state index is 11.8. The van der Waals surface area contributed by atoms with Crippen LogP contribution in [0.25, 0.3) is 11.5 Å². The molecular weight excluding hydrogens is 358 g/mol. The second-order valence-corrected chi connectivity index (χ2v) is 7.79. The van der Waals surface area contributed by atoms with Crippen LogP contribution in [0.5, 0.6) is 0 Å². The van der Waals surface area contributed by atoms with Crippen LogP contribution in [0.15, 0.2) is 27.6 Å². The Morgan fingerprint density at radius 3 is 2.73 bits per heavy atom. The third-order valence-corrected chi connectivity index (χ3v) is 5.24. The minimum atomic E-state index is -3.84. The van der Waals surface area contributed by atoms with Crippen LogP contribution in [0.1, 0.15) is 12.7 Å². The Morgan fingerprint density at radius 2 is 2.08 bits per heavy atom. The smallest absolute Gasteiger partial charge is 0.260 e. The maximum absolute atomic E-state index is 11.8. The molecule has 0 spiro atoms. The highest BCUT2D eigenvalue weighted by molar-refractivity contribution is 7.89. The fourth-order valence-electron chi connectivity index (χ4n) is 2.77. The Hall–Kier alpha value is -2.01. The Morgan fingerprint density at radius 1 is 1.35 bits per heavy atom. The van der Waals surface area contributed by atoms with Crippen molar-refractivity contribution in [1.82, 2.24) is 15.5 Å². The number of likely N-dealkylation sites (N-methyl/N-ethyl adjacent to an activating group) is 1. The van der Waals surface area contributed by atoms with E-state index in [4.69, 9.17) is 14.4 Å². The molecule has 142 valence electrons. The van der Waals surface area contributed by atoms with Crippen LogP contribution in [0.3, 0.4) is 0 Å². The predicted molar refractivity (Wildman–Crippen MR) is 96.4 cm³/mol. The van der Waals surface area contributed by atoms with Crippen LogP contribution < -0.4 is 15.4 Å². The Balaban J connectivity index is 2.02. The van der Waals surface area contributed by atoms with Crippen molar-refractivity contribution < 1.29 is 17.7 Å². The Bertz CT molecular complexity index is 861. The van der Waals surface area contributed by atoms with Gasteiger partial charge < -0.3 is 19.5 Å². The van der Waals surface area contributed by atoms with E-state index in [1.54, 1.807) is 6.07 Å². The molecule has 1 aliphatic rings. The molecule has 2 heterocycles.